The predicted octanol–water partition coefficient (Wildman–Crippen LogP) is 1.81. The number of anilines is 1. The van der Waals surface area contributed by atoms with Crippen molar-refractivity contribution in [1.29, 1.82) is 0 Å². The molecule has 8 heteroatoms. The number of aromatic nitrogens is 1. The van der Waals surface area contributed by atoms with Crippen LogP contribution < -0.4 is 5.32 Å². The summed E-state index contributed by atoms with van der Waals surface area (Å²) >= 11 is 0. The summed E-state index contributed by atoms with van der Waals surface area (Å²) in [4.78, 5) is 14.4. The van der Waals surface area contributed by atoms with E-state index in [1.165, 1.54) is 18.2 Å². The van der Waals surface area contributed by atoms with Gasteiger partial charge in [-0.05, 0) is 6.07 Å². The Hall–Kier alpha value is -2.19. The number of fused-ring (bicyclic) bond motifs is 1. The topological polar surface area (TPSA) is 99.7 Å². The molecule has 1 aromatic carbocycles. The normalized spacial score (nSPS) is 12.5. The number of nitrogens with one attached hydrogen (secondary N) is 1. The van der Waals surface area contributed by atoms with E-state index >= 15 is 0 Å². The van der Waals surface area contributed by atoms with Gasteiger partial charge in [0.1, 0.15) is 5.52 Å². The standard InChI is InChI=1S/C12H15N3O5/c1-18-7-9(19-2)6-13-12-14-10-5-8(15(16)17)3-4-11(10)20-12/h3-5,9H,6-7H2,1-2H3,(H,13,14). The van der Waals surface area contributed by atoms with Crippen LogP contribution in [0.5, 0.6) is 0 Å². The van der Waals surface area contributed by atoms with Gasteiger partial charge in [-0.1, -0.05) is 0 Å². The number of oxazole rings is 1. The summed E-state index contributed by atoms with van der Waals surface area (Å²) in [6.45, 7) is 0.897. The molecule has 1 atom stereocenters. The quantitative estimate of drug-likeness (QED) is 0.610. The monoisotopic (exact) mass is 281 g/mol. The molecule has 1 N–H and O–H groups in total. The number of nitro groups is 1. The van der Waals surface area contributed by atoms with Crippen molar-refractivity contribution in [3.05, 3.63) is 28.3 Å². The number of non-ortho nitro benzene ring substituents is 1. The van der Waals surface area contributed by atoms with Crippen LogP contribution in [0.4, 0.5) is 11.7 Å². The van der Waals surface area contributed by atoms with Gasteiger partial charge in [-0.25, -0.2) is 0 Å². The van der Waals surface area contributed by atoms with Crippen molar-refractivity contribution in [3.63, 3.8) is 0 Å². The van der Waals surface area contributed by atoms with Gasteiger partial charge in [-0.3, -0.25) is 10.1 Å². The number of rotatable bonds is 7. The summed E-state index contributed by atoms with van der Waals surface area (Å²) < 4.78 is 15.6. The molecule has 0 saturated carbocycles. The third kappa shape index (κ3) is 3.22. The number of hydrogen-bond acceptors (Lipinski definition) is 7. The molecule has 1 aromatic heterocycles. The molecule has 0 aliphatic heterocycles. The van der Waals surface area contributed by atoms with Crippen LogP contribution in [-0.4, -0.2) is 43.4 Å². The highest BCUT2D eigenvalue weighted by Crippen LogP contribution is 2.23. The van der Waals surface area contributed by atoms with Crippen LogP contribution in [0.15, 0.2) is 22.6 Å². The first-order valence-corrected chi connectivity index (χ1v) is 5.94. The molecular formula is C12H15N3O5. The van der Waals surface area contributed by atoms with E-state index in [1.54, 1.807) is 14.2 Å². The Morgan fingerprint density at radius 3 is 2.95 bits per heavy atom. The van der Waals surface area contributed by atoms with Gasteiger partial charge >= 0.3 is 0 Å². The molecule has 108 valence electrons. The molecule has 1 unspecified atom stereocenters. The molecule has 2 rings (SSSR count). The number of benzene rings is 1. The van der Waals surface area contributed by atoms with Gasteiger partial charge in [0.2, 0.25) is 0 Å². The third-order valence-electron chi connectivity index (χ3n) is 2.75. The highest BCUT2D eigenvalue weighted by molar-refractivity contribution is 5.77. The molecule has 0 amide bonds. The smallest absolute Gasteiger partial charge is 0.295 e. The lowest BCUT2D eigenvalue weighted by Crippen LogP contribution is -2.26. The largest absolute Gasteiger partial charge is 0.424 e. The van der Waals surface area contributed by atoms with Crippen molar-refractivity contribution in [3.8, 4) is 0 Å². The number of ether oxygens (including phenoxy) is 2. The maximum absolute atomic E-state index is 10.7. The second kappa shape index (κ2) is 6.31. The van der Waals surface area contributed by atoms with Gasteiger partial charge < -0.3 is 19.2 Å². The molecule has 20 heavy (non-hydrogen) atoms. The highest BCUT2D eigenvalue weighted by Gasteiger charge is 2.13. The Morgan fingerprint density at radius 2 is 2.30 bits per heavy atom. The summed E-state index contributed by atoms with van der Waals surface area (Å²) in [5.41, 5.74) is 0.896. The summed E-state index contributed by atoms with van der Waals surface area (Å²) in [7, 11) is 3.17. The van der Waals surface area contributed by atoms with Crippen molar-refractivity contribution in [2.75, 3.05) is 32.7 Å². The Bertz CT molecular complexity index is 598. The Labute approximate surface area is 114 Å². The zero-order valence-corrected chi connectivity index (χ0v) is 11.2. The lowest BCUT2D eigenvalue weighted by atomic mass is 10.3. The molecule has 1 heterocycles. The van der Waals surface area contributed by atoms with Gasteiger partial charge in [0, 0.05) is 32.9 Å². The molecule has 0 fully saturated rings. The van der Waals surface area contributed by atoms with Gasteiger partial charge in [0.15, 0.2) is 5.58 Å². The van der Waals surface area contributed by atoms with Gasteiger partial charge in [-0.15, -0.1) is 0 Å². The van der Waals surface area contributed by atoms with Crippen LogP contribution in [0.2, 0.25) is 0 Å². The second-order valence-corrected chi connectivity index (χ2v) is 4.12. The summed E-state index contributed by atoms with van der Waals surface area (Å²) in [5, 5.41) is 13.6. The first kappa shape index (κ1) is 14.2. The zero-order chi connectivity index (χ0) is 14.5. The van der Waals surface area contributed by atoms with E-state index in [2.05, 4.69) is 10.3 Å². The van der Waals surface area contributed by atoms with Crippen molar-refractivity contribution in [2.45, 2.75) is 6.10 Å². The van der Waals surface area contributed by atoms with E-state index in [-0.39, 0.29) is 11.8 Å². The SMILES string of the molecule is COCC(CNc1nc2cc([N+](=O)[O-])ccc2o1)OC. The average Bonchev–Trinajstić information content (AvgIpc) is 2.85. The van der Waals surface area contributed by atoms with E-state index in [9.17, 15) is 10.1 Å². The fourth-order valence-electron chi connectivity index (χ4n) is 1.70. The van der Waals surface area contributed by atoms with Crippen molar-refractivity contribution >= 4 is 22.8 Å². The van der Waals surface area contributed by atoms with E-state index in [1.807, 2.05) is 0 Å². The van der Waals surface area contributed by atoms with Crippen LogP contribution in [0.1, 0.15) is 0 Å². The van der Waals surface area contributed by atoms with E-state index < -0.39 is 4.92 Å². The fourth-order valence-corrected chi connectivity index (χ4v) is 1.70. The average molecular weight is 281 g/mol. The molecule has 0 spiro atoms. The number of methoxy groups -OCH3 is 2. The van der Waals surface area contributed by atoms with E-state index in [0.717, 1.165) is 0 Å². The fraction of sp³-hybridized carbons (Fsp3) is 0.417. The number of nitro benzene ring substituents is 1. The van der Waals surface area contributed by atoms with Gasteiger partial charge in [0.05, 0.1) is 17.6 Å². The van der Waals surface area contributed by atoms with Crippen LogP contribution in [0, 0.1) is 10.1 Å². The molecule has 0 aliphatic rings. The molecule has 8 nitrogen and oxygen atoms in total. The first-order valence-electron chi connectivity index (χ1n) is 5.94. The molecule has 2 aromatic rings. The first-order chi connectivity index (χ1) is 9.63. The third-order valence-corrected chi connectivity index (χ3v) is 2.75. The maximum Gasteiger partial charge on any atom is 0.295 e. The molecule has 0 aliphatic carbocycles. The summed E-state index contributed by atoms with van der Waals surface area (Å²) in [5.74, 6) is 0. The Balaban J connectivity index is 2.09. The predicted molar refractivity (Wildman–Crippen MR) is 71.8 cm³/mol. The van der Waals surface area contributed by atoms with Crippen LogP contribution in [0.25, 0.3) is 11.1 Å². The minimum atomic E-state index is -0.471. The maximum atomic E-state index is 10.7. The van der Waals surface area contributed by atoms with Crippen LogP contribution in [-0.2, 0) is 9.47 Å². The van der Waals surface area contributed by atoms with Gasteiger partial charge in [-0.2, -0.15) is 4.98 Å². The number of nitrogens with zero attached hydrogens (tertiary/aromatic N) is 2. The summed E-state index contributed by atoms with van der Waals surface area (Å²) in [6.07, 6.45) is -0.135. The Morgan fingerprint density at radius 1 is 1.50 bits per heavy atom. The van der Waals surface area contributed by atoms with E-state index in [0.29, 0.717) is 30.3 Å². The molecule has 0 radical (unpaired) electrons. The highest BCUT2D eigenvalue weighted by atomic mass is 16.6. The van der Waals surface area contributed by atoms with Crippen LogP contribution >= 0.6 is 0 Å². The van der Waals surface area contributed by atoms with Crippen molar-refractivity contribution in [1.82, 2.24) is 4.98 Å². The second-order valence-electron chi connectivity index (χ2n) is 4.12. The minimum Gasteiger partial charge on any atom is -0.424 e. The molecule has 0 bridgehead atoms. The molecular weight excluding hydrogens is 266 g/mol. The number of hydrogen-bond donors (Lipinski definition) is 1. The minimum absolute atomic E-state index is 0.0218. The summed E-state index contributed by atoms with van der Waals surface area (Å²) in [6, 6.07) is 4.56. The Kier molecular flexibility index (Phi) is 4.49. The molecule has 0 saturated heterocycles. The van der Waals surface area contributed by atoms with Crippen molar-refractivity contribution in [2.24, 2.45) is 0 Å². The van der Waals surface area contributed by atoms with Crippen molar-refractivity contribution < 1.29 is 18.8 Å². The lowest BCUT2D eigenvalue weighted by molar-refractivity contribution is -0.384. The van der Waals surface area contributed by atoms with Crippen LogP contribution in [0.3, 0.4) is 0 Å². The zero-order valence-electron chi connectivity index (χ0n) is 11.2. The lowest BCUT2D eigenvalue weighted by Gasteiger charge is -2.13. The van der Waals surface area contributed by atoms with Gasteiger partial charge in [0.25, 0.3) is 11.7 Å². The van der Waals surface area contributed by atoms with E-state index in [4.69, 9.17) is 13.9 Å².